The monoisotopic (exact) mass is 293 g/mol. The lowest BCUT2D eigenvalue weighted by atomic mass is 10.0. The van der Waals surface area contributed by atoms with Crippen LogP contribution in [0.1, 0.15) is 32.0 Å². The van der Waals surface area contributed by atoms with E-state index in [1.807, 2.05) is 0 Å². The first-order valence-corrected chi connectivity index (χ1v) is 6.17. The predicted molar refractivity (Wildman–Crippen MR) is 74.5 cm³/mol. The highest BCUT2D eigenvalue weighted by molar-refractivity contribution is 6.29. The number of benzene rings is 1. The van der Waals surface area contributed by atoms with Gasteiger partial charge < -0.3 is 14.8 Å². The van der Waals surface area contributed by atoms with Crippen LogP contribution in [0.25, 0.3) is 0 Å². The fraction of sp³-hybridized carbons (Fsp3) is 0.143. The van der Waals surface area contributed by atoms with Gasteiger partial charge in [0.05, 0.1) is 11.3 Å². The van der Waals surface area contributed by atoms with E-state index in [1.165, 1.54) is 18.2 Å². The quantitative estimate of drug-likeness (QED) is 0.907. The number of furan rings is 1. The standard InChI is InChI=1S/C14H12ClNO4/c1-7-5-8(2)12(9(6-7)14(18)19)16-13(17)10-3-4-11(15)20-10/h3-6H,1-2H3,(H,16,17)(H,18,19). The van der Waals surface area contributed by atoms with E-state index in [-0.39, 0.29) is 22.2 Å². The molecule has 2 aromatic rings. The first kappa shape index (κ1) is 14.1. The van der Waals surface area contributed by atoms with Crippen molar-refractivity contribution in [2.24, 2.45) is 0 Å². The van der Waals surface area contributed by atoms with Crippen LogP contribution in [0.5, 0.6) is 0 Å². The Morgan fingerprint density at radius 2 is 1.95 bits per heavy atom. The van der Waals surface area contributed by atoms with Gasteiger partial charge in [0.25, 0.3) is 5.91 Å². The van der Waals surface area contributed by atoms with Gasteiger partial charge in [-0.05, 0) is 54.8 Å². The molecule has 0 radical (unpaired) electrons. The molecule has 0 spiro atoms. The lowest BCUT2D eigenvalue weighted by molar-refractivity contribution is 0.0698. The molecule has 5 nitrogen and oxygen atoms in total. The maximum Gasteiger partial charge on any atom is 0.337 e. The molecule has 2 rings (SSSR count). The van der Waals surface area contributed by atoms with Gasteiger partial charge in [-0.3, -0.25) is 4.79 Å². The van der Waals surface area contributed by atoms with E-state index >= 15 is 0 Å². The molecule has 20 heavy (non-hydrogen) atoms. The predicted octanol–water partition coefficient (Wildman–Crippen LogP) is 3.50. The van der Waals surface area contributed by atoms with E-state index in [4.69, 9.17) is 16.0 Å². The van der Waals surface area contributed by atoms with Gasteiger partial charge in [0.15, 0.2) is 11.0 Å². The van der Waals surface area contributed by atoms with Gasteiger partial charge in [0.2, 0.25) is 0 Å². The Kier molecular flexibility index (Phi) is 3.81. The second kappa shape index (κ2) is 5.38. The molecule has 0 saturated heterocycles. The largest absolute Gasteiger partial charge is 0.478 e. The molecule has 0 aliphatic carbocycles. The van der Waals surface area contributed by atoms with Gasteiger partial charge in [0.1, 0.15) is 0 Å². The molecule has 0 fully saturated rings. The zero-order valence-electron chi connectivity index (χ0n) is 10.9. The van der Waals surface area contributed by atoms with Crippen molar-refractivity contribution in [3.8, 4) is 0 Å². The topological polar surface area (TPSA) is 79.5 Å². The van der Waals surface area contributed by atoms with Gasteiger partial charge >= 0.3 is 5.97 Å². The summed E-state index contributed by atoms with van der Waals surface area (Å²) in [5, 5.41) is 11.8. The zero-order valence-corrected chi connectivity index (χ0v) is 11.6. The summed E-state index contributed by atoms with van der Waals surface area (Å²) in [6.07, 6.45) is 0. The van der Waals surface area contributed by atoms with E-state index in [0.717, 1.165) is 5.56 Å². The number of aromatic carboxylic acids is 1. The number of anilines is 1. The molecule has 1 heterocycles. The number of rotatable bonds is 3. The van der Waals surface area contributed by atoms with E-state index in [9.17, 15) is 14.7 Å². The van der Waals surface area contributed by atoms with Crippen molar-refractivity contribution in [1.29, 1.82) is 0 Å². The summed E-state index contributed by atoms with van der Waals surface area (Å²) in [7, 11) is 0. The first-order chi connectivity index (χ1) is 9.38. The molecule has 0 saturated carbocycles. The maximum atomic E-state index is 12.0. The molecular formula is C14H12ClNO4. The molecule has 1 aromatic carbocycles. The molecule has 2 N–H and O–H groups in total. The van der Waals surface area contributed by atoms with E-state index < -0.39 is 11.9 Å². The van der Waals surface area contributed by atoms with Crippen molar-refractivity contribution in [2.75, 3.05) is 5.32 Å². The summed E-state index contributed by atoms with van der Waals surface area (Å²) in [6, 6.07) is 6.15. The van der Waals surface area contributed by atoms with Crippen LogP contribution in [-0.4, -0.2) is 17.0 Å². The Morgan fingerprint density at radius 3 is 2.50 bits per heavy atom. The van der Waals surface area contributed by atoms with Crippen molar-refractivity contribution in [3.63, 3.8) is 0 Å². The molecule has 0 aliphatic heterocycles. The van der Waals surface area contributed by atoms with Crippen molar-refractivity contribution in [3.05, 3.63) is 51.9 Å². The fourth-order valence-electron chi connectivity index (χ4n) is 1.91. The highest BCUT2D eigenvalue weighted by Gasteiger charge is 2.18. The van der Waals surface area contributed by atoms with Gasteiger partial charge in [0, 0.05) is 0 Å². The second-order valence-corrected chi connectivity index (χ2v) is 4.74. The maximum absolute atomic E-state index is 12.0. The molecular weight excluding hydrogens is 282 g/mol. The number of hydrogen-bond donors (Lipinski definition) is 2. The molecule has 0 atom stereocenters. The Labute approximate surface area is 120 Å². The van der Waals surface area contributed by atoms with E-state index in [0.29, 0.717) is 5.56 Å². The third-order valence-electron chi connectivity index (χ3n) is 2.75. The van der Waals surface area contributed by atoms with Gasteiger partial charge in [-0.15, -0.1) is 0 Å². The molecule has 0 unspecified atom stereocenters. The van der Waals surface area contributed by atoms with Crippen LogP contribution in [0.2, 0.25) is 5.22 Å². The fourth-order valence-corrected chi connectivity index (χ4v) is 2.06. The zero-order chi connectivity index (χ0) is 14.9. The van der Waals surface area contributed by atoms with Crippen LogP contribution in [0.4, 0.5) is 5.69 Å². The molecule has 0 bridgehead atoms. The third kappa shape index (κ3) is 2.83. The summed E-state index contributed by atoms with van der Waals surface area (Å²) < 4.78 is 4.99. The number of carbonyl (C=O) groups is 2. The summed E-state index contributed by atoms with van der Waals surface area (Å²) >= 11 is 5.60. The number of nitrogens with one attached hydrogen (secondary N) is 1. The van der Waals surface area contributed by atoms with Crippen LogP contribution >= 0.6 is 11.6 Å². The SMILES string of the molecule is Cc1cc(C)c(NC(=O)c2ccc(Cl)o2)c(C(=O)O)c1. The minimum Gasteiger partial charge on any atom is -0.478 e. The lowest BCUT2D eigenvalue weighted by Crippen LogP contribution is -2.15. The highest BCUT2D eigenvalue weighted by Crippen LogP contribution is 2.24. The molecule has 6 heteroatoms. The first-order valence-electron chi connectivity index (χ1n) is 5.79. The molecule has 0 aliphatic rings. The normalized spacial score (nSPS) is 10.3. The van der Waals surface area contributed by atoms with Crippen LogP contribution in [0, 0.1) is 13.8 Å². The summed E-state index contributed by atoms with van der Waals surface area (Å²) in [6.45, 7) is 3.52. The van der Waals surface area contributed by atoms with Gasteiger partial charge in [-0.25, -0.2) is 4.79 Å². The number of carboxylic acids is 1. The van der Waals surface area contributed by atoms with Crippen molar-refractivity contribution in [2.45, 2.75) is 13.8 Å². The van der Waals surface area contributed by atoms with Crippen molar-refractivity contribution < 1.29 is 19.1 Å². The number of amides is 1. The van der Waals surface area contributed by atoms with Crippen LogP contribution in [0.15, 0.2) is 28.7 Å². The number of aryl methyl sites for hydroxylation is 2. The smallest absolute Gasteiger partial charge is 0.337 e. The summed E-state index contributed by atoms with van der Waals surface area (Å²) in [4.78, 5) is 23.2. The van der Waals surface area contributed by atoms with Crippen LogP contribution in [-0.2, 0) is 0 Å². The average molecular weight is 294 g/mol. The Bertz CT molecular complexity index is 690. The van der Waals surface area contributed by atoms with Gasteiger partial charge in [-0.2, -0.15) is 0 Å². The van der Waals surface area contributed by atoms with Gasteiger partial charge in [-0.1, -0.05) is 6.07 Å². The third-order valence-corrected chi connectivity index (χ3v) is 2.95. The number of hydrogen-bond acceptors (Lipinski definition) is 3. The van der Waals surface area contributed by atoms with Crippen LogP contribution in [0.3, 0.4) is 0 Å². The number of carboxylic acid groups (broad SMARTS) is 1. The van der Waals surface area contributed by atoms with Crippen LogP contribution < -0.4 is 5.32 Å². The molecule has 1 aromatic heterocycles. The highest BCUT2D eigenvalue weighted by atomic mass is 35.5. The van der Waals surface area contributed by atoms with E-state index in [1.54, 1.807) is 19.9 Å². The Balaban J connectivity index is 2.38. The molecule has 104 valence electrons. The Hall–Kier alpha value is -2.27. The second-order valence-electron chi connectivity index (χ2n) is 4.37. The minimum atomic E-state index is -1.11. The van der Waals surface area contributed by atoms with Crippen molar-refractivity contribution >= 4 is 29.2 Å². The molecule has 1 amide bonds. The lowest BCUT2D eigenvalue weighted by Gasteiger charge is -2.12. The number of halogens is 1. The van der Waals surface area contributed by atoms with Crippen molar-refractivity contribution in [1.82, 2.24) is 0 Å². The number of carbonyl (C=O) groups excluding carboxylic acids is 1. The summed E-state index contributed by atoms with van der Waals surface area (Å²) in [5.41, 5.74) is 1.75. The average Bonchev–Trinajstić information content (AvgIpc) is 2.78. The Morgan fingerprint density at radius 1 is 1.25 bits per heavy atom. The van der Waals surface area contributed by atoms with E-state index in [2.05, 4.69) is 5.32 Å². The minimum absolute atomic E-state index is 0.0197. The summed E-state index contributed by atoms with van der Waals surface area (Å²) in [5.74, 6) is -1.64.